The normalized spacial score (nSPS) is 10.2. The van der Waals surface area contributed by atoms with Gasteiger partial charge in [-0.25, -0.2) is 4.79 Å². The van der Waals surface area contributed by atoms with Crippen LogP contribution >= 0.6 is 0 Å². The quantitative estimate of drug-likeness (QED) is 0.829. The van der Waals surface area contributed by atoms with Crippen LogP contribution < -0.4 is 0 Å². The molecular formula is C12H10O4. The second-order valence-electron chi connectivity index (χ2n) is 3.43. The lowest BCUT2D eigenvalue weighted by Crippen LogP contribution is -1.92. The van der Waals surface area contributed by atoms with Crippen molar-refractivity contribution in [3.05, 3.63) is 53.5 Å². The first kappa shape index (κ1) is 10.3. The number of phenols is 1. The van der Waals surface area contributed by atoms with Gasteiger partial charge >= 0.3 is 5.97 Å². The lowest BCUT2D eigenvalue weighted by atomic mass is 10.1. The average molecular weight is 218 g/mol. The number of aromatic hydroxyl groups is 1. The van der Waals surface area contributed by atoms with Crippen LogP contribution in [-0.4, -0.2) is 16.2 Å². The zero-order valence-electron chi connectivity index (χ0n) is 8.38. The zero-order chi connectivity index (χ0) is 11.5. The van der Waals surface area contributed by atoms with Gasteiger partial charge < -0.3 is 14.6 Å². The molecule has 0 radical (unpaired) electrons. The highest BCUT2D eigenvalue weighted by Gasteiger charge is 2.10. The Labute approximate surface area is 91.8 Å². The van der Waals surface area contributed by atoms with Gasteiger partial charge in [-0.2, -0.15) is 0 Å². The van der Waals surface area contributed by atoms with E-state index in [1.54, 1.807) is 18.2 Å². The minimum atomic E-state index is -1.09. The molecule has 0 aliphatic rings. The van der Waals surface area contributed by atoms with Gasteiger partial charge in [-0.3, -0.25) is 0 Å². The number of phenolic OH excluding ortho intramolecular Hbond substituents is 1. The van der Waals surface area contributed by atoms with Gasteiger partial charge in [-0.05, 0) is 23.3 Å². The molecular weight excluding hydrogens is 208 g/mol. The monoisotopic (exact) mass is 218 g/mol. The van der Waals surface area contributed by atoms with Gasteiger partial charge in [0.1, 0.15) is 5.75 Å². The van der Waals surface area contributed by atoms with Crippen LogP contribution in [0.3, 0.4) is 0 Å². The molecule has 0 saturated heterocycles. The molecule has 0 atom stereocenters. The maximum absolute atomic E-state index is 10.6. The minimum absolute atomic E-state index is 0.0922. The molecule has 0 bridgehead atoms. The smallest absolute Gasteiger partial charge is 0.371 e. The van der Waals surface area contributed by atoms with Crippen molar-refractivity contribution >= 4 is 5.97 Å². The summed E-state index contributed by atoms with van der Waals surface area (Å²) < 4.78 is 4.86. The number of hydrogen-bond donors (Lipinski definition) is 2. The van der Waals surface area contributed by atoms with Crippen molar-refractivity contribution in [1.29, 1.82) is 0 Å². The molecule has 0 aliphatic heterocycles. The van der Waals surface area contributed by atoms with Crippen molar-refractivity contribution in [3.8, 4) is 5.75 Å². The Morgan fingerprint density at radius 2 is 2.06 bits per heavy atom. The Morgan fingerprint density at radius 3 is 2.69 bits per heavy atom. The molecule has 4 heteroatoms. The van der Waals surface area contributed by atoms with E-state index in [2.05, 4.69) is 0 Å². The summed E-state index contributed by atoms with van der Waals surface area (Å²) in [5, 5.41) is 18.2. The summed E-state index contributed by atoms with van der Waals surface area (Å²) in [4.78, 5) is 10.6. The van der Waals surface area contributed by atoms with Gasteiger partial charge in [-0.15, -0.1) is 0 Å². The molecule has 0 fully saturated rings. The number of hydrogen-bond acceptors (Lipinski definition) is 3. The van der Waals surface area contributed by atoms with E-state index in [1.807, 2.05) is 6.07 Å². The molecule has 0 unspecified atom stereocenters. The van der Waals surface area contributed by atoms with Crippen molar-refractivity contribution in [2.24, 2.45) is 0 Å². The van der Waals surface area contributed by atoms with Crippen molar-refractivity contribution in [2.45, 2.75) is 6.42 Å². The summed E-state index contributed by atoms with van der Waals surface area (Å²) in [6.45, 7) is 0. The predicted molar refractivity (Wildman–Crippen MR) is 56.6 cm³/mol. The van der Waals surface area contributed by atoms with E-state index in [4.69, 9.17) is 9.52 Å². The first-order chi connectivity index (χ1) is 7.66. The third-order valence-corrected chi connectivity index (χ3v) is 2.25. The molecule has 0 amide bonds. The minimum Gasteiger partial charge on any atom is -0.508 e. The molecule has 0 saturated carbocycles. The largest absolute Gasteiger partial charge is 0.508 e. The number of carboxylic acid groups (broad SMARTS) is 1. The fourth-order valence-electron chi connectivity index (χ4n) is 1.46. The van der Waals surface area contributed by atoms with Crippen LogP contribution in [0.15, 0.2) is 41.0 Å². The molecule has 82 valence electrons. The second kappa shape index (κ2) is 4.10. The predicted octanol–water partition coefficient (Wildman–Crippen LogP) is 2.27. The molecule has 1 aromatic heterocycles. The number of aromatic carboxylic acids is 1. The summed E-state index contributed by atoms with van der Waals surface area (Å²) in [6.07, 6.45) is 1.83. The third-order valence-electron chi connectivity index (χ3n) is 2.25. The van der Waals surface area contributed by atoms with Crippen LogP contribution in [0.4, 0.5) is 0 Å². The maximum atomic E-state index is 10.6. The van der Waals surface area contributed by atoms with E-state index in [-0.39, 0.29) is 11.5 Å². The molecule has 0 aliphatic carbocycles. The highest BCUT2D eigenvalue weighted by molar-refractivity contribution is 5.84. The fraction of sp³-hybridized carbons (Fsp3) is 0.0833. The van der Waals surface area contributed by atoms with Crippen LogP contribution in [0.5, 0.6) is 5.75 Å². The number of rotatable bonds is 3. The van der Waals surface area contributed by atoms with E-state index in [0.717, 1.165) is 11.1 Å². The van der Waals surface area contributed by atoms with Crippen molar-refractivity contribution in [3.63, 3.8) is 0 Å². The zero-order valence-corrected chi connectivity index (χ0v) is 8.38. The summed E-state index contributed by atoms with van der Waals surface area (Å²) in [7, 11) is 0. The second-order valence-corrected chi connectivity index (χ2v) is 3.43. The van der Waals surface area contributed by atoms with Crippen LogP contribution in [-0.2, 0) is 6.42 Å². The van der Waals surface area contributed by atoms with Crippen LogP contribution in [0.2, 0.25) is 0 Å². The standard InChI is InChI=1S/C12H10O4/c13-10-4-2-1-3-9(10)5-8-6-11(12(14)15)16-7-8/h1-4,6-7,13H,5H2,(H,14,15). The van der Waals surface area contributed by atoms with Crippen molar-refractivity contribution in [1.82, 2.24) is 0 Å². The van der Waals surface area contributed by atoms with E-state index >= 15 is 0 Å². The van der Waals surface area contributed by atoms with E-state index in [0.29, 0.717) is 6.42 Å². The summed E-state index contributed by atoms with van der Waals surface area (Å²) in [5.41, 5.74) is 1.46. The number of para-hydroxylation sites is 1. The lowest BCUT2D eigenvalue weighted by Gasteiger charge is -2.00. The van der Waals surface area contributed by atoms with E-state index in [1.165, 1.54) is 12.3 Å². The number of furan rings is 1. The van der Waals surface area contributed by atoms with Gasteiger partial charge in [0.05, 0.1) is 6.26 Å². The van der Waals surface area contributed by atoms with Gasteiger partial charge in [0.15, 0.2) is 0 Å². The van der Waals surface area contributed by atoms with Gasteiger partial charge in [0, 0.05) is 6.42 Å². The molecule has 2 N–H and O–H groups in total. The van der Waals surface area contributed by atoms with E-state index in [9.17, 15) is 9.90 Å². The van der Waals surface area contributed by atoms with Crippen LogP contribution in [0, 0.1) is 0 Å². The molecule has 0 spiro atoms. The topological polar surface area (TPSA) is 70.7 Å². The van der Waals surface area contributed by atoms with Gasteiger partial charge in [0.2, 0.25) is 5.76 Å². The SMILES string of the molecule is O=C(O)c1cc(Cc2ccccc2O)co1. The molecule has 1 heterocycles. The Kier molecular flexibility index (Phi) is 2.64. The first-order valence-electron chi connectivity index (χ1n) is 4.74. The van der Waals surface area contributed by atoms with Gasteiger partial charge in [0.25, 0.3) is 0 Å². The summed E-state index contributed by atoms with van der Waals surface area (Å²) >= 11 is 0. The number of carboxylic acids is 1. The highest BCUT2D eigenvalue weighted by atomic mass is 16.4. The third kappa shape index (κ3) is 2.06. The molecule has 1 aromatic carbocycles. The van der Waals surface area contributed by atoms with E-state index < -0.39 is 5.97 Å². The van der Waals surface area contributed by atoms with Gasteiger partial charge in [-0.1, -0.05) is 18.2 Å². The van der Waals surface area contributed by atoms with Crippen LogP contribution in [0.1, 0.15) is 21.7 Å². The Balaban J connectivity index is 2.21. The Hall–Kier alpha value is -2.23. The number of benzene rings is 1. The molecule has 2 rings (SSSR count). The lowest BCUT2D eigenvalue weighted by molar-refractivity contribution is 0.0662. The fourth-order valence-corrected chi connectivity index (χ4v) is 1.46. The molecule has 4 nitrogen and oxygen atoms in total. The first-order valence-corrected chi connectivity index (χ1v) is 4.74. The summed E-state index contributed by atoms with van der Waals surface area (Å²) in [5.74, 6) is -0.991. The molecule has 2 aromatic rings. The van der Waals surface area contributed by atoms with Crippen molar-refractivity contribution in [2.75, 3.05) is 0 Å². The number of carbonyl (C=O) groups is 1. The highest BCUT2D eigenvalue weighted by Crippen LogP contribution is 2.20. The Bertz CT molecular complexity index is 513. The summed E-state index contributed by atoms with van der Waals surface area (Å²) in [6, 6.07) is 8.37. The Morgan fingerprint density at radius 1 is 1.31 bits per heavy atom. The maximum Gasteiger partial charge on any atom is 0.371 e. The molecule has 16 heavy (non-hydrogen) atoms. The van der Waals surface area contributed by atoms with Crippen LogP contribution in [0.25, 0.3) is 0 Å². The van der Waals surface area contributed by atoms with Crippen molar-refractivity contribution < 1.29 is 19.4 Å². The average Bonchev–Trinajstić information content (AvgIpc) is 2.70.